The van der Waals surface area contributed by atoms with Gasteiger partial charge in [0.2, 0.25) is 11.8 Å². The average molecular weight is 853 g/mol. The molecule has 4 aliphatic carbocycles. The Morgan fingerprint density at radius 3 is 2.46 bits per heavy atom. The van der Waals surface area contributed by atoms with Gasteiger partial charge in [-0.3, -0.25) is 19.2 Å². The third kappa shape index (κ3) is 8.97. The van der Waals surface area contributed by atoms with E-state index >= 15 is 4.39 Å². The van der Waals surface area contributed by atoms with Crippen LogP contribution in [0.5, 0.6) is 0 Å². The SMILES string of the molecule is CCCC1O[C@@H]2C[C@H]3[C@@H]4C[C@H](F)C5=CC(=O)C=C[C@]5(C)C4[C@@H](O)C[C@]3(C)[C@]2(C(=O)CNC(=O)OCc2ccc(NC(=O)[C@H](CCCNC(N)=O)NC(=O)C(N)C(C)C)cc2)O1. The summed E-state index contributed by atoms with van der Waals surface area (Å²) in [4.78, 5) is 76.8. The van der Waals surface area contributed by atoms with E-state index in [0.717, 1.165) is 6.42 Å². The molecule has 17 heteroatoms. The van der Waals surface area contributed by atoms with Crippen molar-refractivity contribution in [3.8, 4) is 0 Å². The highest BCUT2D eigenvalue weighted by Gasteiger charge is 2.76. The molecule has 0 spiro atoms. The molecule has 3 unspecified atom stereocenters. The Kier molecular flexibility index (Phi) is 13.8. The second kappa shape index (κ2) is 18.3. The number of carbonyl (C=O) groups excluding carboxylic acids is 6. The summed E-state index contributed by atoms with van der Waals surface area (Å²) in [5, 5.41) is 22.4. The van der Waals surface area contributed by atoms with Crippen molar-refractivity contribution in [2.45, 2.75) is 129 Å². The Balaban J connectivity index is 1.08. The summed E-state index contributed by atoms with van der Waals surface area (Å²) in [6.07, 6.45) is 2.54. The van der Waals surface area contributed by atoms with Crippen molar-refractivity contribution < 1.29 is 52.5 Å². The molecule has 6 rings (SSSR count). The Labute approximate surface area is 355 Å². The van der Waals surface area contributed by atoms with Crippen LogP contribution in [0.15, 0.2) is 48.1 Å². The van der Waals surface area contributed by atoms with Gasteiger partial charge in [0, 0.05) is 29.0 Å². The minimum Gasteiger partial charge on any atom is -0.445 e. The smallest absolute Gasteiger partial charge is 0.407 e. The van der Waals surface area contributed by atoms with Gasteiger partial charge in [-0.2, -0.15) is 0 Å². The van der Waals surface area contributed by atoms with Gasteiger partial charge in [0.05, 0.1) is 24.8 Å². The van der Waals surface area contributed by atoms with Gasteiger partial charge in [0.25, 0.3) is 0 Å². The number of alkyl carbamates (subject to hydrolysis) is 1. The molecule has 1 aromatic carbocycles. The number of amides is 5. The summed E-state index contributed by atoms with van der Waals surface area (Å²) in [7, 11) is 0. The van der Waals surface area contributed by atoms with E-state index in [4.69, 9.17) is 25.7 Å². The molecular formula is C44H61FN6O10. The maximum Gasteiger partial charge on any atom is 0.407 e. The number of halogens is 1. The molecule has 0 radical (unpaired) electrons. The van der Waals surface area contributed by atoms with Crippen LogP contribution in [0.4, 0.5) is 19.7 Å². The first kappa shape index (κ1) is 45.8. The number of fused-ring (bicyclic) bond motifs is 7. The zero-order valence-electron chi connectivity index (χ0n) is 35.5. The van der Waals surface area contributed by atoms with Gasteiger partial charge in [-0.1, -0.05) is 59.2 Å². The molecule has 334 valence electrons. The molecule has 4 fully saturated rings. The largest absolute Gasteiger partial charge is 0.445 e. The second-order valence-electron chi connectivity index (χ2n) is 18.0. The highest BCUT2D eigenvalue weighted by atomic mass is 19.1. The van der Waals surface area contributed by atoms with Crippen LogP contribution in [0.2, 0.25) is 0 Å². The molecule has 9 N–H and O–H groups in total. The predicted molar refractivity (Wildman–Crippen MR) is 221 cm³/mol. The molecular weight excluding hydrogens is 792 g/mol. The molecule has 1 aromatic rings. The molecule has 0 bridgehead atoms. The monoisotopic (exact) mass is 852 g/mol. The number of hydrogen-bond acceptors (Lipinski definition) is 11. The Morgan fingerprint density at radius 1 is 1.07 bits per heavy atom. The highest BCUT2D eigenvalue weighted by molar-refractivity contribution is 6.01. The molecule has 5 aliphatic rings. The maximum atomic E-state index is 16.0. The highest BCUT2D eigenvalue weighted by Crippen LogP contribution is 2.70. The van der Waals surface area contributed by atoms with Gasteiger partial charge >= 0.3 is 12.1 Å². The molecule has 0 aromatic heterocycles. The summed E-state index contributed by atoms with van der Waals surface area (Å²) < 4.78 is 34.5. The van der Waals surface area contributed by atoms with Gasteiger partial charge in [-0.05, 0) is 91.7 Å². The van der Waals surface area contributed by atoms with Crippen molar-refractivity contribution in [2.24, 2.45) is 46.0 Å². The Morgan fingerprint density at radius 2 is 1.79 bits per heavy atom. The van der Waals surface area contributed by atoms with E-state index in [1.54, 1.807) is 44.2 Å². The summed E-state index contributed by atoms with van der Waals surface area (Å²) in [6, 6.07) is 4.02. The number of nitrogens with two attached hydrogens (primary N) is 2. The van der Waals surface area contributed by atoms with Crippen LogP contribution in [-0.4, -0.2) is 96.1 Å². The van der Waals surface area contributed by atoms with E-state index in [2.05, 4.69) is 21.3 Å². The number of anilines is 1. The number of benzene rings is 1. The van der Waals surface area contributed by atoms with Crippen molar-refractivity contribution in [1.29, 1.82) is 0 Å². The van der Waals surface area contributed by atoms with Crippen LogP contribution in [-0.2, 0) is 40.0 Å². The van der Waals surface area contributed by atoms with Crippen molar-refractivity contribution in [3.63, 3.8) is 0 Å². The number of urea groups is 1. The lowest BCUT2D eigenvalue weighted by Gasteiger charge is -2.60. The first-order chi connectivity index (χ1) is 28.8. The van der Waals surface area contributed by atoms with E-state index in [-0.39, 0.29) is 61.9 Å². The number of aliphatic hydroxyl groups is 1. The number of ether oxygens (including phenoxy) is 3. The Bertz CT molecular complexity index is 1930. The average Bonchev–Trinajstić information content (AvgIpc) is 3.69. The minimum absolute atomic E-state index is 0.0990. The molecule has 61 heavy (non-hydrogen) atoms. The Hall–Kier alpha value is -4.71. The van der Waals surface area contributed by atoms with Gasteiger partial charge < -0.3 is 52.1 Å². The molecule has 1 heterocycles. The minimum atomic E-state index is -1.51. The summed E-state index contributed by atoms with van der Waals surface area (Å²) in [5.74, 6) is -2.80. The van der Waals surface area contributed by atoms with Gasteiger partial charge in [-0.25, -0.2) is 14.0 Å². The van der Waals surface area contributed by atoms with Crippen molar-refractivity contribution in [1.82, 2.24) is 16.0 Å². The van der Waals surface area contributed by atoms with E-state index < -0.39 is 89.5 Å². The van der Waals surface area contributed by atoms with Crippen molar-refractivity contribution in [3.05, 3.63) is 53.6 Å². The number of aliphatic hydroxyl groups excluding tert-OH is 1. The van der Waals surface area contributed by atoms with Gasteiger partial charge in [-0.15, -0.1) is 0 Å². The number of carbonyl (C=O) groups is 6. The van der Waals surface area contributed by atoms with Gasteiger partial charge in [0.1, 0.15) is 18.8 Å². The normalized spacial score (nSPS) is 33.2. The topological polar surface area (TPSA) is 250 Å². The van der Waals surface area contributed by atoms with Crippen LogP contribution in [0.3, 0.4) is 0 Å². The number of primary amides is 1. The first-order valence-electron chi connectivity index (χ1n) is 21.4. The molecule has 1 aliphatic heterocycles. The van der Waals surface area contributed by atoms with E-state index in [0.29, 0.717) is 36.1 Å². The summed E-state index contributed by atoms with van der Waals surface area (Å²) in [5.41, 5.74) is 9.16. The van der Waals surface area contributed by atoms with Crippen LogP contribution in [0.1, 0.15) is 85.1 Å². The fraction of sp³-hybridized carbons (Fsp3) is 0.636. The molecule has 1 saturated heterocycles. The zero-order valence-corrected chi connectivity index (χ0v) is 35.5. The number of ketones is 2. The molecule has 16 nitrogen and oxygen atoms in total. The second-order valence-corrected chi connectivity index (χ2v) is 18.0. The lowest BCUT2D eigenvalue weighted by Crippen LogP contribution is -2.65. The fourth-order valence-electron chi connectivity index (χ4n) is 10.8. The van der Waals surface area contributed by atoms with Crippen molar-refractivity contribution >= 4 is 41.2 Å². The number of alkyl halides is 1. The molecule has 3 saturated carbocycles. The predicted octanol–water partition coefficient (Wildman–Crippen LogP) is 3.45. The third-order valence-corrected chi connectivity index (χ3v) is 13.8. The lowest BCUT2D eigenvalue weighted by molar-refractivity contribution is -0.200. The van der Waals surface area contributed by atoms with Crippen LogP contribution in [0, 0.1) is 34.5 Å². The number of nitrogens with one attached hydrogen (secondary N) is 4. The maximum absolute atomic E-state index is 16.0. The number of hydrogen-bond donors (Lipinski definition) is 7. The third-order valence-electron chi connectivity index (χ3n) is 13.8. The number of allylic oxidation sites excluding steroid dienone is 4. The zero-order chi connectivity index (χ0) is 44.4. The quantitative estimate of drug-likeness (QED) is 0.119. The number of rotatable bonds is 16. The number of Topliss-reactive ketones (excluding diaryl/α,β-unsaturated/α-hetero) is 1. The summed E-state index contributed by atoms with van der Waals surface area (Å²) in [6.45, 7) is 8.97. The standard InChI is InChI=1S/C44H61FN6O10/c1-6-8-35-60-34-19-28-27-18-30(45)29-17-26(52)14-15-42(29,4)36(27)32(53)20-43(28,5)44(34,61-35)33(54)21-49-41(58)59-22-24-10-12-25(13-11-24)50-38(55)31(9-7-16-48-40(47)57)51-39(56)37(46)23(2)3/h10-15,17,23,27-28,30-32,34-37,53H,6-9,16,18-22,46H2,1-5H3,(H,49,58)(H,50,55)(H,51,56)(H3,47,48,57)/t27-,28-,30-,31-,32-,34+,35?,36?,37?,42-,43-,44+/m0/s1. The first-order valence-corrected chi connectivity index (χ1v) is 21.4. The van der Waals surface area contributed by atoms with E-state index in [9.17, 15) is 33.9 Å². The lowest BCUT2D eigenvalue weighted by atomic mass is 9.46. The van der Waals surface area contributed by atoms with E-state index in [1.165, 1.54) is 12.2 Å². The van der Waals surface area contributed by atoms with Crippen LogP contribution < -0.4 is 32.7 Å². The van der Waals surface area contributed by atoms with Crippen molar-refractivity contribution in [2.75, 3.05) is 18.4 Å². The van der Waals surface area contributed by atoms with Crippen LogP contribution in [0.25, 0.3) is 0 Å². The summed E-state index contributed by atoms with van der Waals surface area (Å²) >= 11 is 0. The van der Waals surface area contributed by atoms with Crippen LogP contribution >= 0.6 is 0 Å². The van der Waals surface area contributed by atoms with Gasteiger partial charge in [0.15, 0.2) is 23.5 Å². The van der Waals surface area contributed by atoms with E-state index in [1.807, 2.05) is 20.8 Å². The molecule has 12 atom stereocenters. The molecule has 5 amide bonds. The fourth-order valence-corrected chi connectivity index (χ4v) is 10.8.